The van der Waals surface area contributed by atoms with Gasteiger partial charge in [-0.15, -0.1) is 0 Å². The van der Waals surface area contributed by atoms with E-state index in [2.05, 4.69) is 0 Å². The largest absolute Gasteiger partial charge is 0.506 e. The molecule has 0 aliphatic rings. The van der Waals surface area contributed by atoms with Crippen molar-refractivity contribution in [3.05, 3.63) is 34.1 Å². The normalized spacial score (nSPS) is 10.6. The van der Waals surface area contributed by atoms with Gasteiger partial charge < -0.3 is 20.1 Å². The lowest BCUT2D eigenvalue weighted by Crippen LogP contribution is -2.28. The van der Waals surface area contributed by atoms with E-state index in [0.717, 1.165) is 0 Å². The topological polar surface area (TPSA) is 94.6 Å². The highest BCUT2D eigenvalue weighted by atomic mass is 16.5. The Morgan fingerprint density at radius 2 is 2.11 bits per heavy atom. The van der Waals surface area contributed by atoms with Gasteiger partial charge in [0.1, 0.15) is 17.1 Å². The molecule has 0 radical (unpaired) electrons. The van der Waals surface area contributed by atoms with E-state index in [-0.39, 0.29) is 5.39 Å². The molecule has 0 saturated heterocycles. The van der Waals surface area contributed by atoms with Gasteiger partial charge in [-0.1, -0.05) is 6.07 Å². The Morgan fingerprint density at radius 3 is 2.67 bits per heavy atom. The number of nitrogens with zero attached hydrogens (tertiary/aromatic N) is 1. The van der Waals surface area contributed by atoms with Crippen LogP contribution < -0.4 is 16.0 Å². The van der Waals surface area contributed by atoms with E-state index in [0.29, 0.717) is 11.3 Å². The van der Waals surface area contributed by atoms with Crippen LogP contribution in [0.3, 0.4) is 0 Å². The zero-order valence-corrected chi connectivity index (χ0v) is 9.93. The number of rotatable bonds is 2. The molecule has 1 amide bonds. The standard InChI is InChI=1S/C12H12N2O4/c1-14-6-4-3-5-7(18-2)8(6)10(15)9(11(13)16)12(14)17/h3-5,15H,1-2H3,(H2,13,16). The molecule has 1 aromatic carbocycles. The maximum Gasteiger partial charge on any atom is 0.267 e. The molecule has 0 spiro atoms. The number of aromatic hydroxyl groups is 1. The van der Waals surface area contributed by atoms with E-state index in [1.165, 1.54) is 18.7 Å². The van der Waals surface area contributed by atoms with Gasteiger partial charge in [-0.25, -0.2) is 0 Å². The Bertz CT molecular complexity index is 703. The Morgan fingerprint density at radius 1 is 1.44 bits per heavy atom. The number of carbonyl (C=O) groups is 1. The Hall–Kier alpha value is -2.50. The number of hydrogen-bond donors (Lipinski definition) is 2. The lowest BCUT2D eigenvalue weighted by atomic mass is 10.1. The molecule has 0 unspecified atom stereocenters. The average Bonchev–Trinajstić information content (AvgIpc) is 2.34. The van der Waals surface area contributed by atoms with Crippen molar-refractivity contribution >= 4 is 16.8 Å². The van der Waals surface area contributed by atoms with E-state index < -0.39 is 22.8 Å². The molecular weight excluding hydrogens is 236 g/mol. The summed E-state index contributed by atoms with van der Waals surface area (Å²) >= 11 is 0. The van der Waals surface area contributed by atoms with E-state index in [4.69, 9.17) is 10.5 Å². The van der Waals surface area contributed by atoms with Crippen molar-refractivity contribution in [2.24, 2.45) is 12.8 Å². The second kappa shape index (κ2) is 4.06. The van der Waals surface area contributed by atoms with Crippen molar-refractivity contribution in [1.29, 1.82) is 0 Å². The highest BCUT2D eigenvalue weighted by Gasteiger charge is 2.20. The van der Waals surface area contributed by atoms with Crippen molar-refractivity contribution in [3.63, 3.8) is 0 Å². The molecule has 0 aliphatic heterocycles. The molecule has 18 heavy (non-hydrogen) atoms. The molecule has 0 saturated carbocycles. The third kappa shape index (κ3) is 1.50. The molecule has 3 N–H and O–H groups in total. The summed E-state index contributed by atoms with van der Waals surface area (Å²) < 4.78 is 6.36. The van der Waals surface area contributed by atoms with Crippen molar-refractivity contribution in [2.75, 3.05) is 7.11 Å². The van der Waals surface area contributed by atoms with E-state index in [1.807, 2.05) is 0 Å². The number of pyridine rings is 1. The van der Waals surface area contributed by atoms with Gasteiger partial charge in [-0.2, -0.15) is 0 Å². The zero-order chi connectivity index (χ0) is 13.4. The lowest BCUT2D eigenvalue weighted by molar-refractivity contribution is 0.0996. The van der Waals surface area contributed by atoms with Crippen molar-refractivity contribution in [3.8, 4) is 11.5 Å². The van der Waals surface area contributed by atoms with Crippen LogP contribution in [0, 0.1) is 0 Å². The second-order valence-corrected chi connectivity index (χ2v) is 3.81. The molecule has 0 fully saturated rings. The van der Waals surface area contributed by atoms with Crippen LogP contribution in [0.5, 0.6) is 11.5 Å². The number of nitrogens with two attached hydrogens (primary N) is 1. The molecule has 0 atom stereocenters. The molecule has 0 aliphatic carbocycles. The Kier molecular flexibility index (Phi) is 2.70. The summed E-state index contributed by atoms with van der Waals surface area (Å²) in [4.78, 5) is 23.2. The molecule has 94 valence electrons. The predicted octanol–water partition coefficient (Wildman–Crippen LogP) is 0.352. The van der Waals surface area contributed by atoms with Gasteiger partial charge in [0, 0.05) is 7.05 Å². The molecule has 6 nitrogen and oxygen atoms in total. The molecule has 1 aromatic heterocycles. The lowest BCUT2D eigenvalue weighted by Gasteiger charge is -2.12. The quantitative estimate of drug-likeness (QED) is 0.801. The molecule has 2 aromatic rings. The van der Waals surface area contributed by atoms with Gasteiger partial charge in [0.2, 0.25) is 0 Å². The maximum atomic E-state index is 11.9. The molecule has 0 bridgehead atoms. The van der Waals surface area contributed by atoms with Crippen LogP contribution in [0.25, 0.3) is 10.9 Å². The number of ether oxygens (including phenoxy) is 1. The number of primary amides is 1. The van der Waals surface area contributed by atoms with Gasteiger partial charge in [-0.05, 0) is 12.1 Å². The summed E-state index contributed by atoms with van der Waals surface area (Å²) in [7, 11) is 2.93. The maximum absolute atomic E-state index is 11.9. The van der Waals surface area contributed by atoms with Crippen LogP contribution in [-0.2, 0) is 7.05 Å². The number of aromatic nitrogens is 1. The Labute approximate surface area is 102 Å². The van der Waals surface area contributed by atoms with Crippen molar-refractivity contribution in [1.82, 2.24) is 4.57 Å². The number of fused-ring (bicyclic) bond motifs is 1. The van der Waals surface area contributed by atoms with Gasteiger partial charge in [0.15, 0.2) is 0 Å². The van der Waals surface area contributed by atoms with Crippen LogP contribution in [0.15, 0.2) is 23.0 Å². The summed E-state index contributed by atoms with van der Waals surface area (Å²) in [6, 6.07) is 4.95. The number of amides is 1. The van der Waals surface area contributed by atoms with Gasteiger partial charge >= 0.3 is 0 Å². The third-order valence-electron chi connectivity index (χ3n) is 2.82. The minimum atomic E-state index is -0.971. The van der Waals surface area contributed by atoms with Gasteiger partial charge in [0.25, 0.3) is 11.5 Å². The molecule has 1 heterocycles. The fourth-order valence-electron chi connectivity index (χ4n) is 1.93. The summed E-state index contributed by atoms with van der Waals surface area (Å²) in [5, 5.41) is 10.3. The second-order valence-electron chi connectivity index (χ2n) is 3.81. The minimum Gasteiger partial charge on any atom is -0.506 e. The van der Waals surface area contributed by atoms with Crippen molar-refractivity contribution < 1.29 is 14.6 Å². The highest BCUT2D eigenvalue weighted by Crippen LogP contribution is 2.33. The van der Waals surface area contributed by atoms with Crippen LogP contribution in [0.4, 0.5) is 0 Å². The van der Waals surface area contributed by atoms with Gasteiger partial charge in [0.05, 0.1) is 18.0 Å². The minimum absolute atomic E-state index is 0.288. The number of hydrogen-bond acceptors (Lipinski definition) is 4. The monoisotopic (exact) mass is 248 g/mol. The summed E-state index contributed by atoms with van der Waals surface area (Å²) in [6.07, 6.45) is 0. The SMILES string of the molecule is COc1cccc2c1c(O)c(C(N)=O)c(=O)n2C. The first-order valence-electron chi connectivity index (χ1n) is 5.17. The first kappa shape index (κ1) is 12.0. The van der Waals surface area contributed by atoms with E-state index in [1.54, 1.807) is 18.2 Å². The smallest absolute Gasteiger partial charge is 0.267 e. The fraction of sp³-hybridized carbons (Fsp3) is 0.167. The number of carbonyl (C=O) groups excluding carboxylic acids is 1. The van der Waals surface area contributed by atoms with Crippen molar-refractivity contribution in [2.45, 2.75) is 0 Å². The molecular formula is C12H12N2O4. The number of methoxy groups -OCH3 is 1. The predicted molar refractivity (Wildman–Crippen MR) is 65.9 cm³/mol. The van der Waals surface area contributed by atoms with Gasteiger partial charge in [-0.3, -0.25) is 9.59 Å². The summed E-state index contributed by atoms with van der Waals surface area (Å²) in [5.41, 5.74) is 4.50. The first-order valence-corrected chi connectivity index (χ1v) is 5.17. The summed E-state index contributed by atoms with van der Waals surface area (Å²) in [5.74, 6) is -1.05. The molecule has 2 rings (SSSR count). The number of benzene rings is 1. The Balaban J connectivity index is 3.09. The first-order chi connectivity index (χ1) is 8.49. The van der Waals surface area contributed by atoms with Crippen LogP contribution in [0.2, 0.25) is 0 Å². The average molecular weight is 248 g/mol. The zero-order valence-electron chi connectivity index (χ0n) is 9.93. The fourth-order valence-corrected chi connectivity index (χ4v) is 1.93. The number of aryl methyl sites for hydroxylation is 1. The van der Waals surface area contributed by atoms with Crippen LogP contribution in [-0.4, -0.2) is 22.7 Å². The summed E-state index contributed by atoms with van der Waals surface area (Å²) in [6.45, 7) is 0. The van der Waals surface area contributed by atoms with E-state index in [9.17, 15) is 14.7 Å². The van der Waals surface area contributed by atoms with E-state index >= 15 is 0 Å². The van der Waals surface area contributed by atoms with Crippen LogP contribution in [0.1, 0.15) is 10.4 Å². The van der Waals surface area contributed by atoms with Crippen LogP contribution >= 0.6 is 0 Å². The third-order valence-corrected chi connectivity index (χ3v) is 2.82. The molecule has 6 heteroatoms. The highest BCUT2D eigenvalue weighted by molar-refractivity contribution is 6.03.